The summed E-state index contributed by atoms with van der Waals surface area (Å²) in [7, 11) is 3.61. The van der Waals surface area contributed by atoms with Crippen molar-refractivity contribution in [2.45, 2.75) is 45.8 Å². The summed E-state index contributed by atoms with van der Waals surface area (Å²) in [5.74, 6) is 0.660. The zero-order valence-electron chi connectivity index (χ0n) is 14.6. The Morgan fingerprint density at radius 2 is 1.87 bits per heavy atom. The second-order valence-corrected chi connectivity index (χ2v) is 8.21. The van der Waals surface area contributed by atoms with E-state index in [4.69, 9.17) is 16.3 Å². The molecule has 0 unspecified atom stereocenters. The number of rotatable bonds is 4. The Labute approximate surface area is 151 Å². The van der Waals surface area contributed by atoms with Gasteiger partial charge in [0.2, 0.25) is 5.28 Å². The lowest BCUT2D eigenvalue weighted by atomic mass is 10.0. The molecular formula is C15H24BrClN4O2. The van der Waals surface area contributed by atoms with Gasteiger partial charge in [-0.05, 0) is 62.1 Å². The number of carbonyl (C=O) groups is 1. The van der Waals surface area contributed by atoms with Crippen molar-refractivity contribution in [2.75, 3.05) is 25.5 Å². The number of anilines is 1. The van der Waals surface area contributed by atoms with Crippen LogP contribution in [0.25, 0.3) is 0 Å². The fourth-order valence-corrected chi connectivity index (χ4v) is 2.54. The molecule has 0 atom stereocenters. The topological polar surface area (TPSA) is 58.6 Å². The number of hydrogen-bond acceptors (Lipinski definition) is 5. The van der Waals surface area contributed by atoms with Gasteiger partial charge < -0.3 is 14.5 Å². The highest BCUT2D eigenvalue weighted by Gasteiger charge is 2.31. The Morgan fingerprint density at radius 1 is 1.30 bits per heavy atom. The van der Waals surface area contributed by atoms with Gasteiger partial charge in [0.25, 0.3) is 0 Å². The van der Waals surface area contributed by atoms with Crippen LogP contribution < -0.4 is 4.90 Å². The first-order valence-corrected chi connectivity index (χ1v) is 8.36. The first-order chi connectivity index (χ1) is 10.3. The third-order valence-electron chi connectivity index (χ3n) is 3.25. The summed E-state index contributed by atoms with van der Waals surface area (Å²) in [5.41, 5.74) is -0.920. The molecule has 1 amide bonds. The lowest BCUT2D eigenvalue weighted by Crippen LogP contribution is -2.51. The molecule has 0 fully saturated rings. The molecule has 0 aliphatic carbocycles. The highest BCUT2D eigenvalue weighted by molar-refractivity contribution is 9.10. The summed E-state index contributed by atoms with van der Waals surface area (Å²) in [5, 5.41) is 0.173. The fraction of sp³-hybridized carbons (Fsp3) is 0.667. The standard InChI is InChI=1S/C15H24BrClN4O2/c1-14(2,3)23-13(22)20(6)9-15(4,5)21(7)11-10(16)8-18-12(17)19-11/h8H,9H2,1-7H3. The van der Waals surface area contributed by atoms with Crippen LogP contribution in [0.4, 0.5) is 10.6 Å². The van der Waals surface area contributed by atoms with E-state index in [0.29, 0.717) is 12.4 Å². The molecule has 0 saturated heterocycles. The monoisotopic (exact) mass is 406 g/mol. The smallest absolute Gasteiger partial charge is 0.410 e. The van der Waals surface area contributed by atoms with Crippen molar-refractivity contribution >= 4 is 39.4 Å². The van der Waals surface area contributed by atoms with Crippen LogP contribution in [-0.2, 0) is 4.74 Å². The van der Waals surface area contributed by atoms with Gasteiger partial charge in [0.15, 0.2) is 0 Å². The maximum atomic E-state index is 12.1. The molecule has 130 valence electrons. The normalized spacial score (nSPS) is 12.0. The van der Waals surface area contributed by atoms with Crippen LogP contribution >= 0.6 is 27.5 Å². The molecule has 0 aliphatic rings. The zero-order chi connectivity index (χ0) is 18.0. The molecule has 1 aromatic rings. The Hall–Kier alpha value is -1.08. The number of halogens is 2. The van der Waals surface area contributed by atoms with Gasteiger partial charge >= 0.3 is 6.09 Å². The van der Waals surface area contributed by atoms with Crippen LogP contribution in [0.3, 0.4) is 0 Å². The van der Waals surface area contributed by atoms with E-state index < -0.39 is 11.1 Å². The molecule has 0 saturated carbocycles. The van der Waals surface area contributed by atoms with E-state index >= 15 is 0 Å². The summed E-state index contributed by atoms with van der Waals surface area (Å²) >= 11 is 9.31. The molecule has 0 aromatic carbocycles. The van der Waals surface area contributed by atoms with Crippen LogP contribution in [-0.4, -0.2) is 52.7 Å². The first-order valence-electron chi connectivity index (χ1n) is 7.19. The molecular weight excluding hydrogens is 384 g/mol. The first kappa shape index (κ1) is 20.0. The minimum absolute atomic E-state index is 0.173. The summed E-state index contributed by atoms with van der Waals surface area (Å²) < 4.78 is 6.12. The molecule has 23 heavy (non-hydrogen) atoms. The van der Waals surface area contributed by atoms with Gasteiger partial charge in [0.1, 0.15) is 11.4 Å². The van der Waals surface area contributed by atoms with Crippen molar-refractivity contribution in [3.05, 3.63) is 16.0 Å². The van der Waals surface area contributed by atoms with E-state index in [-0.39, 0.29) is 11.4 Å². The van der Waals surface area contributed by atoms with Crippen molar-refractivity contribution < 1.29 is 9.53 Å². The van der Waals surface area contributed by atoms with Gasteiger partial charge in [-0.1, -0.05) is 0 Å². The Bertz CT molecular complexity index is 575. The minimum atomic E-state index is -0.523. The Balaban J connectivity index is 2.89. The minimum Gasteiger partial charge on any atom is -0.444 e. The quantitative estimate of drug-likeness (QED) is 0.707. The molecule has 1 aromatic heterocycles. The van der Waals surface area contributed by atoms with Gasteiger partial charge in [-0.2, -0.15) is 4.98 Å². The predicted molar refractivity (Wildman–Crippen MR) is 96.1 cm³/mol. The number of hydrogen-bond donors (Lipinski definition) is 0. The van der Waals surface area contributed by atoms with E-state index in [1.165, 1.54) is 0 Å². The van der Waals surface area contributed by atoms with Crippen molar-refractivity contribution in [1.29, 1.82) is 0 Å². The molecule has 8 heteroatoms. The summed E-state index contributed by atoms with van der Waals surface area (Å²) in [6, 6.07) is 0. The summed E-state index contributed by atoms with van der Waals surface area (Å²) in [6.45, 7) is 10.0. The van der Waals surface area contributed by atoms with Crippen molar-refractivity contribution in [1.82, 2.24) is 14.9 Å². The molecule has 0 N–H and O–H groups in total. The SMILES string of the molecule is CN(CC(C)(C)N(C)c1nc(Cl)ncc1Br)C(=O)OC(C)(C)C. The second-order valence-electron chi connectivity index (χ2n) is 7.02. The highest BCUT2D eigenvalue weighted by atomic mass is 79.9. The largest absolute Gasteiger partial charge is 0.444 e. The molecule has 1 rings (SSSR count). The number of nitrogens with zero attached hydrogens (tertiary/aromatic N) is 4. The van der Waals surface area contributed by atoms with Crippen LogP contribution in [0.15, 0.2) is 10.7 Å². The van der Waals surface area contributed by atoms with Crippen LogP contribution in [0, 0.1) is 0 Å². The number of amides is 1. The summed E-state index contributed by atoms with van der Waals surface area (Å²) in [4.78, 5) is 23.8. The molecule has 0 radical (unpaired) electrons. The maximum Gasteiger partial charge on any atom is 0.410 e. The van der Waals surface area contributed by atoms with Gasteiger partial charge in [-0.3, -0.25) is 0 Å². The molecule has 1 heterocycles. The average Bonchev–Trinajstić information content (AvgIpc) is 2.38. The average molecular weight is 408 g/mol. The highest BCUT2D eigenvalue weighted by Crippen LogP contribution is 2.29. The second kappa shape index (κ2) is 7.21. The number of aromatic nitrogens is 2. The lowest BCUT2D eigenvalue weighted by molar-refractivity contribution is 0.0269. The zero-order valence-corrected chi connectivity index (χ0v) is 17.0. The maximum absolute atomic E-state index is 12.1. The van der Waals surface area contributed by atoms with E-state index in [1.54, 1.807) is 18.1 Å². The van der Waals surface area contributed by atoms with Crippen LogP contribution in [0.5, 0.6) is 0 Å². The van der Waals surface area contributed by atoms with Crippen LogP contribution in [0.1, 0.15) is 34.6 Å². The van der Waals surface area contributed by atoms with Gasteiger partial charge in [-0.15, -0.1) is 0 Å². The van der Waals surface area contributed by atoms with Gasteiger partial charge in [0.05, 0.1) is 10.0 Å². The van der Waals surface area contributed by atoms with E-state index in [2.05, 4.69) is 25.9 Å². The van der Waals surface area contributed by atoms with Crippen molar-refractivity contribution in [3.63, 3.8) is 0 Å². The fourth-order valence-electron chi connectivity index (χ4n) is 1.95. The third-order valence-corrected chi connectivity index (χ3v) is 3.99. The predicted octanol–water partition coefficient (Wildman–Crippen LogP) is 3.97. The van der Waals surface area contributed by atoms with Crippen LogP contribution in [0.2, 0.25) is 5.28 Å². The van der Waals surface area contributed by atoms with E-state index in [1.807, 2.05) is 46.6 Å². The molecule has 0 aliphatic heterocycles. The van der Waals surface area contributed by atoms with Gasteiger partial charge in [-0.25, -0.2) is 9.78 Å². The van der Waals surface area contributed by atoms with Crippen molar-refractivity contribution in [2.24, 2.45) is 0 Å². The number of ether oxygens (including phenoxy) is 1. The van der Waals surface area contributed by atoms with Crippen molar-refractivity contribution in [3.8, 4) is 0 Å². The number of carbonyl (C=O) groups excluding carboxylic acids is 1. The molecule has 0 bridgehead atoms. The lowest BCUT2D eigenvalue weighted by Gasteiger charge is -2.39. The molecule has 0 spiro atoms. The molecule has 6 nitrogen and oxygen atoms in total. The Kier molecular flexibility index (Phi) is 6.26. The third kappa shape index (κ3) is 5.80. The van der Waals surface area contributed by atoms with E-state index in [9.17, 15) is 4.79 Å². The Morgan fingerprint density at radius 3 is 2.39 bits per heavy atom. The van der Waals surface area contributed by atoms with Gasteiger partial charge in [0, 0.05) is 26.8 Å². The van der Waals surface area contributed by atoms with E-state index in [0.717, 1.165) is 4.47 Å². The number of likely N-dealkylation sites (N-methyl/N-ethyl adjacent to an activating group) is 2. The summed E-state index contributed by atoms with van der Waals surface area (Å²) in [6.07, 6.45) is 1.24.